The fraction of sp³-hybridized carbons (Fsp3) is 0.462. The fourth-order valence-electron chi connectivity index (χ4n) is 2.62. The lowest BCUT2D eigenvalue weighted by atomic mass is 10.0. The summed E-state index contributed by atoms with van der Waals surface area (Å²) in [7, 11) is 1.46. The molecule has 0 amide bonds. The van der Waals surface area contributed by atoms with Crippen LogP contribution >= 0.6 is 0 Å². The Morgan fingerprint density at radius 2 is 2.12 bits per heavy atom. The van der Waals surface area contributed by atoms with E-state index in [0.29, 0.717) is 5.75 Å². The lowest BCUT2D eigenvalue weighted by molar-refractivity contribution is -0.139. The molecule has 0 heterocycles. The van der Waals surface area contributed by atoms with E-state index in [0.717, 1.165) is 5.56 Å². The lowest BCUT2D eigenvalue weighted by Gasteiger charge is -2.09. The summed E-state index contributed by atoms with van der Waals surface area (Å²) in [6.45, 7) is 3.80. The van der Waals surface area contributed by atoms with Gasteiger partial charge in [-0.1, -0.05) is 19.9 Å². The van der Waals surface area contributed by atoms with Gasteiger partial charge in [0.1, 0.15) is 11.6 Å². The van der Waals surface area contributed by atoms with Crippen LogP contribution in [0.15, 0.2) is 18.2 Å². The van der Waals surface area contributed by atoms with Crippen LogP contribution in [-0.2, 0) is 4.79 Å². The zero-order chi connectivity index (χ0) is 12.8. The predicted molar refractivity (Wildman–Crippen MR) is 60.6 cm³/mol. The monoisotopic (exact) mass is 238 g/mol. The molecule has 1 aliphatic carbocycles. The van der Waals surface area contributed by atoms with Gasteiger partial charge in [-0.3, -0.25) is 4.79 Å². The molecule has 92 valence electrons. The van der Waals surface area contributed by atoms with Gasteiger partial charge in [-0.15, -0.1) is 0 Å². The van der Waals surface area contributed by atoms with E-state index < -0.39 is 11.9 Å². The number of hydrogen-bond donors (Lipinski definition) is 1. The van der Waals surface area contributed by atoms with Gasteiger partial charge in [-0.2, -0.15) is 0 Å². The zero-order valence-electron chi connectivity index (χ0n) is 10.0. The zero-order valence-corrected chi connectivity index (χ0v) is 10.0. The Morgan fingerprint density at radius 3 is 2.59 bits per heavy atom. The van der Waals surface area contributed by atoms with Gasteiger partial charge in [0, 0.05) is 12.0 Å². The van der Waals surface area contributed by atoms with Crippen molar-refractivity contribution in [2.45, 2.75) is 19.8 Å². The van der Waals surface area contributed by atoms with Crippen molar-refractivity contribution >= 4 is 5.97 Å². The predicted octanol–water partition coefficient (Wildman–Crippen LogP) is 2.66. The van der Waals surface area contributed by atoms with Crippen LogP contribution in [-0.4, -0.2) is 18.2 Å². The van der Waals surface area contributed by atoms with Gasteiger partial charge in [-0.05, 0) is 17.0 Å². The molecule has 1 fully saturated rings. The number of carboxylic acids is 1. The molecule has 1 aromatic carbocycles. The normalized spacial score (nSPS) is 25.4. The molecule has 3 nitrogen and oxygen atoms in total. The van der Waals surface area contributed by atoms with Crippen LogP contribution < -0.4 is 4.74 Å². The molecule has 17 heavy (non-hydrogen) atoms. The maximum Gasteiger partial charge on any atom is 0.307 e. The quantitative estimate of drug-likeness (QED) is 0.880. The van der Waals surface area contributed by atoms with Crippen LogP contribution in [0.5, 0.6) is 5.75 Å². The Labute approximate surface area is 99.2 Å². The fourth-order valence-corrected chi connectivity index (χ4v) is 2.62. The lowest BCUT2D eigenvalue weighted by Crippen LogP contribution is -2.03. The minimum absolute atomic E-state index is 0.115. The summed E-state index contributed by atoms with van der Waals surface area (Å²) in [4.78, 5) is 11.1. The van der Waals surface area contributed by atoms with E-state index in [1.54, 1.807) is 6.07 Å². The van der Waals surface area contributed by atoms with Gasteiger partial charge in [0.05, 0.1) is 13.0 Å². The molecule has 0 saturated heterocycles. The molecule has 0 unspecified atom stereocenters. The SMILES string of the molecule is COc1cc(F)ccc1[C@@H]1[C@@H](C(=O)O)C1(C)C. The third-order valence-corrected chi connectivity index (χ3v) is 3.62. The number of aliphatic carboxylic acids is 1. The van der Waals surface area contributed by atoms with Crippen molar-refractivity contribution in [3.63, 3.8) is 0 Å². The van der Waals surface area contributed by atoms with Gasteiger partial charge in [0.2, 0.25) is 0 Å². The third kappa shape index (κ3) is 1.77. The highest BCUT2D eigenvalue weighted by atomic mass is 19.1. The first-order valence-electron chi connectivity index (χ1n) is 5.46. The van der Waals surface area contributed by atoms with E-state index >= 15 is 0 Å². The molecule has 2 atom stereocenters. The summed E-state index contributed by atoms with van der Waals surface area (Å²) < 4.78 is 18.2. The Kier molecular flexibility index (Phi) is 2.60. The minimum atomic E-state index is -0.814. The summed E-state index contributed by atoms with van der Waals surface area (Å²) in [6.07, 6.45) is 0. The van der Waals surface area contributed by atoms with Gasteiger partial charge in [0.15, 0.2) is 0 Å². The van der Waals surface area contributed by atoms with Crippen molar-refractivity contribution in [2.24, 2.45) is 11.3 Å². The van der Waals surface area contributed by atoms with E-state index in [-0.39, 0.29) is 17.2 Å². The van der Waals surface area contributed by atoms with Gasteiger partial charge >= 0.3 is 5.97 Å². The van der Waals surface area contributed by atoms with Crippen molar-refractivity contribution in [2.75, 3.05) is 7.11 Å². The maximum atomic E-state index is 13.1. The Morgan fingerprint density at radius 1 is 1.47 bits per heavy atom. The van der Waals surface area contributed by atoms with E-state index in [4.69, 9.17) is 9.84 Å². The maximum absolute atomic E-state index is 13.1. The Balaban J connectivity index is 2.40. The van der Waals surface area contributed by atoms with E-state index in [2.05, 4.69) is 0 Å². The molecule has 0 aromatic heterocycles. The topological polar surface area (TPSA) is 46.5 Å². The van der Waals surface area contributed by atoms with Crippen LogP contribution in [0.3, 0.4) is 0 Å². The summed E-state index contributed by atoms with van der Waals surface area (Å²) in [6, 6.07) is 4.25. The molecule has 1 aromatic rings. The first kappa shape index (κ1) is 11.9. The first-order chi connectivity index (χ1) is 7.89. The number of carbonyl (C=O) groups is 1. The van der Waals surface area contributed by atoms with Crippen LogP contribution in [0, 0.1) is 17.2 Å². The summed E-state index contributed by atoms with van der Waals surface area (Å²) in [5.74, 6) is -1.31. The number of hydrogen-bond acceptors (Lipinski definition) is 2. The standard InChI is InChI=1S/C13H15FO3/c1-13(2)10(11(13)12(15)16)8-5-4-7(14)6-9(8)17-3/h4-6,10-11H,1-3H3,(H,15,16)/t10-,11+/m1/s1. The number of methoxy groups -OCH3 is 1. The van der Waals surface area contributed by atoms with Gasteiger partial charge in [-0.25, -0.2) is 4.39 Å². The van der Waals surface area contributed by atoms with Crippen molar-refractivity contribution in [3.8, 4) is 5.75 Å². The summed E-state index contributed by atoms with van der Waals surface area (Å²) in [5, 5.41) is 9.12. The Bertz CT molecular complexity index is 468. The molecular formula is C13H15FO3. The number of ether oxygens (including phenoxy) is 1. The smallest absolute Gasteiger partial charge is 0.307 e. The van der Waals surface area contributed by atoms with Crippen molar-refractivity contribution < 1.29 is 19.0 Å². The molecule has 1 N–H and O–H groups in total. The van der Waals surface area contributed by atoms with Crippen LogP contribution in [0.25, 0.3) is 0 Å². The molecular weight excluding hydrogens is 223 g/mol. The molecule has 4 heteroatoms. The number of benzene rings is 1. The van der Waals surface area contributed by atoms with E-state index in [1.165, 1.54) is 19.2 Å². The summed E-state index contributed by atoms with van der Waals surface area (Å²) >= 11 is 0. The highest BCUT2D eigenvalue weighted by molar-refractivity contribution is 5.78. The van der Waals surface area contributed by atoms with Crippen molar-refractivity contribution in [1.82, 2.24) is 0 Å². The minimum Gasteiger partial charge on any atom is -0.496 e. The Hall–Kier alpha value is -1.58. The third-order valence-electron chi connectivity index (χ3n) is 3.62. The molecule has 0 spiro atoms. The largest absolute Gasteiger partial charge is 0.496 e. The molecule has 1 aliphatic rings. The molecule has 0 bridgehead atoms. The van der Waals surface area contributed by atoms with Gasteiger partial charge in [0.25, 0.3) is 0 Å². The highest BCUT2D eigenvalue weighted by Gasteiger charge is 2.63. The second-order valence-electron chi connectivity index (χ2n) is 5.00. The summed E-state index contributed by atoms with van der Waals surface area (Å²) in [5.41, 5.74) is 0.461. The average Bonchev–Trinajstić information content (AvgIpc) is 2.81. The number of rotatable bonds is 3. The molecule has 2 rings (SSSR count). The van der Waals surface area contributed by atoms with E-state index in [9.17, 15) is 9.18 Å². The second-order valence-corrected chi connectivity index (χ2v) is 5.00. The van der Waals surface area contributed by atoms with E-state index in [1.807, 2.05) is 13.8 Å². The second kappa shape index (κ2) is 3.72. The number of halogens is 1. The molecule has 0 aliphatic heterocycles. The van der Waals surface area contributed by atoms with Gasteiger partial charge < -0.3 is 9.84 Å². The first-order valence-corrected chi connectivity index (χ1v) is 5.46. The van der Waals surface area contributed by atoms with Crippen LogP contribution in [0.4, 0.5) is 4.39 Å². The highest BCUT2D eigenvalue weighted by Crippen LogP contribution is 2.65. The van der Waals surface area contributed by atoms with Crippen molar-refractivity contribution in [3.05, 3.63) is 29.6 Å². The molecule has 0 radical (unpaired) electrons. The van der Waals surface area contributed by atoms with Crippen LogP contribution in [0.2, 0.25) is 0 Å². The average molecular weight is 238 g/mol. The molecule has 1 saturated carbocycles. The number of carboxylic acid groups (broad SMARTS) is 1. The van der Waals surface area contributed by atoms with Crippen LogP contribution in [0.1, 0.15) is 25.3 Å². The van der Waals surface area contributed by atoms with Crippen molar-refractivity contribution in [1.29, 1.82) is 0 Å².